The molecule has 12 aromatic rings. The molecule has 1 aliphatic carbocycles. The van der Waals surface area contributed by atoms with Crippen molar-refractivity contribution in [2.75, 3.05) is 0 Å². The van der Waals surface area contributed by atoms with Crippen molar-refractivity contribution in [2.24, 2.45) is 0 Å². The maximum atomic E-state index is 5.23. The standard InChI is InChI=1S/C59H41N5/c1-38-57(39-16-4-2-5-17-39)60-59(61-58(38)40-18-6-3-7-19-40)41-28-30-42(31-29-41)62-55-34-32-43(63-51-24-12-8-20-45(51)46-21-9-13-25-52(46)63)36-49(55)50-37-44(33-35-56(50)62)64-53-26-14-10-22-47(53)48-23-11-15-27-54(48)64/h2-14,16-26,28-37H,15,27H2,1H3. The van der Waals surface area contributed by atoms with E-state index in [9.17, 15) is 0 Å². The molecule has 0 aliphatic heterocycles. The van der Waals surface area contributed by atoms with Crippen LogP contribution in [0, 0.1) is 6.92 Å². The van der Waals surface area contributed by atoms with Crippen LogP contribution in [0.15, 0.2) is 200 Å². The van der Waals surface area contributed by atoms with Gasteiger partial charge in [0.25, 0.3) is 0 Å². The summed E-state index contributed by atoms with van der Waals surface area (Å²) in [7, 11) is 0. The third-order valence-corrected chi connectivity index (χ3v) is 13.3. The highest BCUT2D eigenvalue weighted by Crippen LogP contribution is 2.40. The summed E-state index contributed by atoms with van der Waals surface area (Å²) in [6.45, 7) is 2.13. The Hall–Kier alpha value is -8.28. The summed E-state index contributed by atoms with van der Waals surface area (Å²) >= 11 is 0. The average Bonchev–Trinajstić information content (AvgIpc) is 4.00. The highest BCUT2D eigenvalue weighted by atomic mass is 15.0. The Morgan fingerprint density at radius 2 is 0.844 bits per heavy atom. The molecule has 0 saturated heterocycles. The summed E-state index contributed by atoms with van der Waals surface area (Å²) < 4.78 is 7.33. The maximum absolute atomic E-state index is 5.23. The highest BCUT2D eigenvalue weighted by Gasteiger charge is 2.22. The predicted octanol–water partition coefficient (Wildman–Crippen LogP) is 14.9. The molecule has 0 amide bonds. The van der Waals surface area contributed by atoms with Crippen LogP contribution in [0.4, 0.5) is 0 Å². The molecule has 64 heavy (non-hydrogen) atoms. The minimum Gasteiger partial charge on any atom is -0.313 e. The number of para-hydroxylation sites is 3. The molecular formula is C59H41N5. The highest BCUT2D eigenvalue weighted by molar-refractivity contribution is 6.13. The topological polar surface area (TPSA) is 40.6 Å². The number of hydrogen-bond donors (Lipinski definition) is 0. The van der Waals surface area contributed by atoms with Gasteiger partial charge in [-0.25, -0.2) is 9.97 Å². The Morgan fingerprint density at radius 3 is 1.42 bits per heavy atom. The Morgan fingerprint density at radius 1 is 0.391 bits per heavy atom. The fourth-order valence-corrected chi connectivity index (χ4v) is 10.4. The molecular weight excluding hydrogens is 779 g/mol. The normalized spacial score (nSPS) is 12.6. The molecule has 0 saturated carbocycles. The van der Waals surface area contributed by atoms with E-state index < -0.39 is 0 Å². The Labute approximate surface area is 370 Å². The monoisotopic (exact) mass is 819 g/mol. The summed E-state index contributed by atoms with van der Waals surface area (Å²) in [6, 6.07) is 70.0. The first-order valence-corrected chi connectivity index (χ1v) is 22.1. The second-order valence-electron chi connectivity index (χ2n) is 16.9. The van der Waals surface area contributed by atoms with Crippen LogP contribution < -0.4 is 0 Å². The van der Waals surface area contributed by atoms with E-state index in [1.165, 1.54) is 60.4 Å². The summed E-state index contributed by atoms with van der Waals surface area (Å²) in [4.78, 5) is 10.5. The van der Waals surface area contributed by atoms with E-state index in [1.54, 1.807) is 0 Å². The molecule has 4 heterocycles. The van der Waals surface area contributed by atoms with Gasteiger partial charge in [0.05, 0.1) is 39.0 Å². The van der Waals surface area contributed by atoms with Gasteiger partial charge in [-0.3, -0.25) is 0 Å². The van der Waals surface area contributed by atoms with E-state index in [4.69, 9.17) is 9.97 Å². The SMILES string of the molecule is Cc1c(-c2ccccc2)nc(-c2ccc(-n3c4ccc(-n5c6c(c7ccccc75)C=CCC6)cc4c4cc(-n5c6ccccc6c6ccccc65)ccc43)cc2)nc1-c1ccccc1. The summed E-state index contributed by atoms with van der Waals surface area (Å²) in [5.41, 5.74) is 18.1. The van der Waals surface area contributed by atoms with Crippen molar-refractivity contribution in [1.29, 1.82) is 0 Å². The van der Waals surface area contributed by atoms with Crippen molar-refractivity contribution in [3.05, 3.63) is 217 Å². The number of fused-ring (bicyclic) bond motifs is 9. The van der Waals surface area contributed by atoms with Crippen LogP contribution in [0.5, 0.6) is 0 Å². The number of benzene rings is 8. The van der Waals surface area contributed by atoms with Gasteiger partial charge in [0.15, 0.2) is 5.82 Å². The minimum atomic E-state index is 0.703. The quantitative estimate of drug-likeness (QED) is 0.168. The maximum Gasteiger partial charge on any atom is 0.160 e. The predicted molar refractivity (Wildman–Crippen MR) is 266 cm³/mol. The summed E-state index contributed by atoms with van der Waals surface area (Å²) in [6.07, 6.45) is 6.68. The van der Waals surface area contributed by atoms with E-state index in [0.29, 0.717) is 5.82 Å². The van der Waals surface area contributed by atoms with Crippen molar-refractivity contribution in [3.8, 4) is 51.0 Å². The van der Waals surface area contributed by atoms with Crippen LogP contribution in [0.1, 0.15) is 23.2 Å². The van der Waals surface area contributed by atoms with Crippen LogP contribution in [0.3, 0.4) is 0 Å². The second kappa shape index (κ2) is 14.4. The molecule has 0 atom stereocenters. The van der Waals surface area contributed by atoms with Crippen molar-refractivity contribution in [2.45, 2.75) is 19.8 Å². The number of nitrogens with zero attached hydrogens (tertiary/aromatic N) is 5. The lowest BCUT2D eigenvalue weighted by Crippen LogP contribution is -2.03. The summed E-state index contributed by atoms with van der Waals surface area (Å²) in [5.74, 6) is 0.703. The Kier molecular flexibility index (Phi) is 8.19. The number of hydrogen-bond acceptors (Lipinski definition) is 2. The number of rotatable bonds is 6. The van der Waals surface area contributed by atoms with E-state index in [0.717, 1.165) is 68.9 Å². The molecule has 0 fully saturated rings. The molecule has 4 aromatic heterocycles. The van der Waals surface area contributed by atoms with E-state index in [-0.39, 0.29) is 0 Å². The largest absolute Gasteiger partial charge is 0.313 e. The van der Waals surface area contributed by atoms with Crippen LogP contribution in [-0.4, -0.2) is 23.7 Å². The lowest BCUT2D eigenvalue weighted by atomic mass is 10.0. The zero-order valence-electron chi connectivity index (χ0n) is 35.3. The van der Waals surface area contributed by atoms with Crippen LogP contribution in [0.25, 0.3) is 112 Å². The fraction of sp³-hybridized carbons (Fsp3) is 0.0508. The molecule has 0 N–H and O–H groups in total. The van der Waals surface area contributed by atoms with Gasteiger partial charge in [0.1, 0.15) is 0 Å². The van der Waals surface area contributed by atoms with Gasteiger partial charge in [0, 0.05) is 77.5 Å². The lowest BCUT2D eigenvalue weighted by Gasteiger charge is -2.15. The molecule has 5 heteroatoms. The molecule has 5 nitrogen and oxygen atoms in total. The van der Waals surface area contributed by atoms with Crippen LogP contribution >= 0.6 is 0 Å². The Bertz CT molecular complexity index is 3710. The Balaban J connectivity index is 1.02. The first-order valence-electron chi connectivity index (χ1n) is 22.1. The van der Waals surface area contributed by atoms with Gasteiger partial charge in [-0.2, -0.15) is 0 Å². The third kappa shape index (κ3) is 5.57. The third-order valence-electron chi connectivity index (χ3n) is 13.3. The van der Waals surface area contributed by atoms with E-state index >= 15 is 0 Å². The van der Waals surface area contributed by atoms with Gasteiger partial charge in [-0.15, -0.1) is 0 Å². The zero-order valence-corrected chi connectivity index (χ0v) is 35.3. The second-order valence-corrected chi connectivity index (χ2v) is 16.9. The molecule has 0 unspecified atom stereocenters. The van der Waals surface area contributed by atoms with Crippen LogP contribution in [-0.2, 0) is 6.42 Å². The molecule has 0 radical (unpaired) electrons. The van der Waals surface area contributed by atoms with Gasteiger partial charge in [-0.05, 0) is 98.6 Å². The number of allylic oxidation sites excluding steroid dienone is 1. The molecule has 0 bridgehead atoms. The van der Waals surface area contributed by atoms with Gasteiger partial charge in [0.2, 0.25) is 0 Å². The van der Waals surface area contributed by atoms with Crippen molar-refractivity contribution >= 4 is 60.6 Å². The lowest BCUT2D eigenvalue weighted by molar-refractivity contribution is 0.889. The number of aromatic nitrogens is 5. The minimum absolute atomic E-state index is 0.703. The average molecular weight is 820 g/mol. The first kappa shape index (κ1) is 36.4. The fourth-order valence-electron chi connectivity index (χ4n) is 10.4. The molecule has 13 rings (SSSR count). The molecule has 8 aromatic carbocycles. The van der Waals surface area contributed by atoms with Crippen molar-refractivity contribution in [1.82, 2.24) is 23.7 Å². The molecule has 0 spiro atoms. The smallest absolute Gasteiger partial charge is 0.160 e. The van der Waals surface area contributed by atoms with E-state index in [2.05, 4.69) is 215 Å². The summed E-state index contributed by atoms with van der Waals surface area (Å²) in [5, 5.41) is 6.22. The molecule has 1 aliphatic rings. The zero-order chi connectivity index (χ0) is 42.3. The van der Waals surface area contributed by atoms with Crippen molar-refractivity contribution in [3.63, 3.8) is 0 Å². The van der Waals surface area contributed by atoms with Gasteiger partial charge < -0.3 is 13.7 Å². The van der Waals surface area contributed by atoms with E-state index in [1.807, 2.05) is 12.1 Å². The van der Waals surface area contributed by atoms with Crippen molar-refractivity contribution < 1.29 is 0 Å². The van der Waals surface area contributed by atoms with Crippen LogP contribution in [0.2, 0.25) is 0 Å². The van der Waals surface area contributed by atoms with Gasteiger partial charge in [-0.1, -0.05) is 127 Å². The molecule has 302 valence electrons. The first-order chi connectivity index (χ1) is 31.7. The van der Waals surface area contributed by atoms with Gasteiger partial charge >= 0.3 is 0 Å².